The van der Waals surface area contributed by atoms with Crippen LogP contribution in [0.1, 0.15) is 396 Å². The molecule has 16 aliphatic rings. The highest BCUT2D eigenvalue weighted by Crippen LogP contribution is 2.73. The molecule has 0 heterocycles. The molecule has 0 saturated heterocycles. The summed E-state index contributed by atoms with van der Waals surface area (Å²) < 4.78 is 0. The lowest BCUT2D eigenvalue weighted by Gasteiger charge is -2.58. The smallest absolute Gasteiger partial charge is 0.159 e. The van der Waals surface area contributed by atoms with Crippen LogP contribution in [0.25, 0.3) is 0 Å². The molecule has 0 aromatic rings. The summed E-state index contributed by atoms with van der Waals surface area (Å²) in [7, 11) is 0. The quantitative estimate of drug-likeness (QED) is 0.105. The maximum atomic E-state index is 13.5. The number of aliphatic hydroxyl groups excluding tert-OH is 3. The molecule has 12 saturated carbocycles. The molecule has 0 aliphatic heterocycles. The summed E-state index contributed by atoms with van der Waals surface area (Å²) in [5.41, 5.74) is 11.3. The zero-order valence-electron chi connectivity index (χ0n) is 80.0. The van der Waals surface area contributed by atoms with Crippen LogP contribution >= 0.6 is 0 Å². The van der Waals surface area contributed by atoms with Gasteiger partial charge in [0.25, 0.3) is 0 Å². The van der Waals surface area contributed by atoms with E-state index in [1.165, 1.54) is 208 Å². The Kier molecular flexibility index (Phi) is 28.9. The molecule has 0 amide bonds. The van der Waals surface area contributed by atoms with Crippen molar-refractivity contribution < 1.29 is 29.7 Å². The number of fused-ring (bicyclic) bond motifs is 20. The lowest BCUT2D eigenvalue weighted by molar-refractivity contribution is -0.135. The van der Waals surface area contributed by atoms with Gasteiger partial charge in [0.15, 0.2) is 17.3 Å². The Morgan fingerprint density at radius 3 is 1.46 bits per heavy atom. The largest absolute Gasteiger partial charge is 0.393 e. The minimum Gasteiger partial charge on any atom is -0.393 e. The van der Waals surface area contributed by atoms with Gasteiger partial charge in [0.05, 0.1) is 18.3 Å². The average Bonchev–Trinajstić information content (AvgIpc) is 1.41. The van der Waals surface area contributed by atoms with Gasteiger partial charge in [-0.3, -0.25) is 14.4 Å². The van der Waals surface area contributed by atoms with Crippen molar-refractivity contribution in [3.63, 3.8) is 0 Å². The summed E-state index contributed by atoms with van der Waals surface area (Å²) >= 11 is 0. The highest BCUT2D eigenvalue weighted by molar-refractivity contribution is 5.95. The van der Waals surface area contributed by atoms with Gasteiger partial charge in [-0.25, -0.2) is 0 Å². The molecule has 118 heavy (non-hydrogen) atoms. The van der Waals surface area contributed by atoms with Crippen molar-refractivity contribution in [2.45, 2.75) is 414 Å². The van der Waals surface area contributed by atoms with Crippen LogP contribution in [0.2, 0.25) is 0 Å². The van der Waals surface area contributed by atoms with Crippen LogP contribution in [0.3, 0.4) is 0 Å². The van der Waals surface area contributed by atoms with Crippen molar-refractivity contribution in [3.8, 4) is 0 Å². The molecule has 12 fully saturated rings. The Labute approximate surface area is 724 Å². The average molecular weight is 1620 g/mol. The maximum Gasteiger partial charge on any atom is 0.159 e. The molecule has 0 aromatic carbocycles. The zero-order valence-corrected chi connectivity index (χ0v) is 80.0. The summed E-state index contributed by atoms with van der Waals surface area (Å²) in [6.45, 7) is 55.6. The Hall–Kier alpha value is -2.93. The van der Waals surface area contributed by atoms with E-state index in [-0.39, 0.29) is 46.4 Å². The fourth-order valence-corrected chi connectivity index (χ4v) is 34.2. The van der Waals surface area contributed by atoms with E-state index < -0.39 is 0 Å². The molecule has 3 N–H and O–H groups in total. The summed E-state index contributed by atoms with van der Waals surface area (Å²) in [5.74, 6) is 18.3. The Morgan fingerprint density at radius 2 is 0.924 bits per heavy atom. The third-order valence-corrected chi connectivity index (χ3v) is 41.5. The van der Waals surface area contributed by atoms with Crippen molar-refractivity contribution in [1.29, 1.82) is 0 Å². The number of aliphatic hydroxyl groups is 3. The van der Waals surface area contributed by atoms with Crippen LogP contribution in [0, 0.1) is 185 Å². The molecule has 16 rings (SSSR count). The van der Waals surface area contributed by atoms with Crippen molar-refractivity contribution in [2.75, 3.05) is 0 Å². The number of hydrogen-bond acceptors (Lipinski definition) is 6. The second-order valence-electron chi connectivity index (χ2n) is 48.5. The van der Waals surface area contributed by atoms with Gasteiger partial charge < -0.3 is 15.3 Å². The van der Waals surface area contributed by atoms with Crippen molar-refractivity contribution in [3.05, 3.63) is 82.5 Å². The van der Waals surface area contributed by atoms with Gasteiger partial charge in [-0.1, -0.05) is 228 Å². The van der Waals surface area contributed by atoms with Gasteiger partial charge in [0.1, 0.15) is 0 Å². The van der Waals surface area contributed by atoms with Gasteiger partial charge in [0.2, 0.25) is 0 Å². The molecule has 6 nitrogen and oxygen atoms in total. The fourth-order valence-electron chi connectivity index (χ4n) is 34.2. The van der Waals surface area contributed by atoms with Gasteiger partial charge in [-0.15, -0.1) is 0 Å². The predicted molar refractivity (Wildman–Crippen MR) is 494 cm³/mol. The molecule has 0 bridgehead atoms. The number of allylic oxidation sites excluding steroid dienone is 9. The molecule has 32 atom stereocenters. The van der Waals surface area contributed by atoms with Crippen LogP contribution in [0.4, 0.5) is 0 Å². The molecule has 664 valence electrons. The van der Waals surface area contributed by atoms with Crippen LogP contribution in [0.15, 0.2) is 82.5 Å². The number of ketones is 3. The highest BCUT2D eigenvalue weighted by atomic mass is 16.3. The second-order valence-corrected chi connectivity index (χ2v) is 48.5. The first-order chi connectivity index (χ1) is 55.7. The first-order valence-electron chi connectivity index (χ1n) is 51.2. The van der Waals surface area contributed by atoms with E-state index in [0.29, 0.717) is 98.2 Å². The van der Waals surface area contributed by atoms with E-state index in [4.69, 9.17) is 0 Å². The van der Waals surface area contributed by atoms with Gasteiger partial charge >= 0.3 is 0 Å². The molecule has 0 radical (unpaired) electrons. The Bertz CT molecular complexity index is 3710. The first-order valence-corrected chi connectivity index (χ1v) is 51.2. The van der Waals surface area contributed by atoms with Crippen molar-refractivity contribution >= 4 is 17.3 Å². The summed E-state index contributed by atoms with van der Waals surface area (Å²) in [5, 5.41) is 30.6. The molecule has 16 aliphatic carbocycles. The molecular weight excluding hydrogens is 1440 g/mol. The zero-order chi connectivity index (χ0) is 85.3. The second kappa shape index (κ2) is 36.8. The summed E-state index contributed by atoms with van der Waals surface area (Å²) in [4.78, 5) is 38.9. The van der Waals surface area contributed by atoms with E-state index in [9.17, 15) is 29.7 Å². The van der Waals surface area contributed by atoms with E-state index in [1.54, 1.807) is 5.57 Å². The summed E-state index contributed by atoms with van der Waals surface area (Å²) in [6, 6.07) is 0. The number of carbonyl (C=O) groups is 3. The van der Waals surface area contributed by atoms with Crippen LogP contribution in [-0.4, -0.2) is 51.0 Å². The van der Waals surface area contributed by atoms with E-state index in [1.807, 2.05) is 12.2 Å². The normalized spacial score (nSPS) is 44.4. The van der Waals surface area contributed by atoms with E-state index in [0.717, 1.165) is 147 Å². The molecule has 0 spiro atoms. The minimum absolute atomic E-state index is 0.0928. The van der Waals surface area contributed by atoms with Gasteiger partial charge in [-0.2, -0.15) is 0 Å². The van der Waals surface area contributed by atoms with Gasteiger partial charge in [-0.05, 0) is 417 Å². The number of hydrogen-bond donors (Lipinski definition) is 3. The highest BCUT2D eigenvalue weighted by Gasteiger charge is 2.66. The third kappa shape index (κ3) is 17.5. The molecular formula is C112H180O6. The van der Waals surface area contributed by atoms with Crippen LogP contribution in [0.5, 0.6) is 0 Å². The van der Waals surface area contributed by atoms with Crippen LogP contribution < -0.4 is 0 Å². The molecule has 0 aromatic heterocycles. The SMILES string of the molecule is C=C(CCC=C(C)C)[C@H]1CC[C@H]2[C@@H]3CC=C4C[C@@H](O)CC[C@]4(C)[C@H]3CC[C@]12C.CC(C)CCC[C@@H](C)[C@H]1CC[C@H]2[C@@H]3CCC4=CC(=O)CC[C@]4(C)[C@H]3CC[C@]12C.CC[C@H](/C=C/[C@@H](C)[C@H]1CC[C@H]2[C@@H]3C(=O)C=C4C[C@@H](O)CC[C@]4(C)[C@H]3CC[C@]12C)C(C)C.CC[C@H](CC[C@@H](C)[C@H]1CC[C@H]2[C@@H]3C(=O)C=C4C[C@@H](O)CC[C@]4(C)[C@H]3CC[C@]12C)C(C)C. The van der Waals surface area contributed by atoms with Gasteiger partial charge in [0, 0.05) is 18.3 Å². The standard InChI is InChI=1S/C29H48O2.C29H46O2.C27H44O.C27H42O/c2*1-7-20(18(2)3)9-8-19(4)23-10-11-24-27-25(13-15-29(23,24)6)28(5)14-12-22(30)16-21(28)17-26(27)31;2*1-18(2)7-6-8-19(3)23-11-12-24-22-10-9-20-17-21(28)13-15-26(20,4)25(22)14-16-27(23,24)5/h17-20,22-25,27,30H,7-16H2,1-6H3;8-9,17-20,22-25,27,30H,7,10-16H2,1-6H3;17-19,22-25H,6-16H2,1-5H3;7,9,21-25,28H,3,6,8,10-17H2,1-2,4-5H3/b;9-8+;;/t2*19-,20-,22+,23-,24+,25+,27+,28+,29-;19-,22+,23-,24+,25+,26+,27-;21-,22-,23+,24-,25-,26-,27+/m1110/s1. The maximum absolute atomic E-state index is 13.5. The lowest BCUT2D eigenvalue weighted by Crippen LogP contribution is -2.53. The molecule has 0 unspecified atom stereocenters. The van der Waals surface area contributed by atoms with E-state index >= 15 is 0 Å². The monoisotopic (exact) mass is 1620 g/mol. The lowest BCUT2D eigenvalue weighted by atomic mass is 9.46. The number of carbonyl (C=O) groups excluding carboxylic acids is 3. The first kappa shape index (κ1) is 92.7. The number of rotatable bonds is 20. The predicted octanol–water partition coefficient (Wildman–Crippen LogP) is 29.0. The third-order valence-electron chi connectivity index (χ3n) is 41.5. The Morgan fingerprint density at radius 1 is 0.449 bits per heavy atom. The molecule has 6 heteroatoms. The minimum atomic E-state index is -0.251. The fraction of sp³-hybridized carbons (Fsp3) is 0.848. The van der Waals surface area contributed by atoms with Crippen molar-refractivity contribution in [1.82, 2.24) is 0 Å². The summed E-state index contributed by atoms with van der Waals surface area (Å²) in [6.07, 6.45) is 62.8. The Balaban J connectivity index is 0.000000137. The van der Waals surface area contributed by atoms with E-state index in [2.05, 4.69) is 182 Å². The topological polar surface area (TPSA) is 112 Å². The van der Waals surface area contributed by atoms with Crippen molar-refractivity contribution in [2.24, 2.45) is 185 Å². The van der Waals surface area contributed by atoms with Crippen LogP contribution in [-0.2, 0) is 14.4 Å².